The van der Waals surface area contributed by atoms with Crippen LogP contribution in [0.1, 0.15) is 12.5 Å². The van der Waals surface area contributed by atoms with Gasteiger partial charge in [0.2, 0.25) is 5.78 Å². The minimum Gasteiger partial charge on any atom is -0.484 e. The van der Waals surface area contributed by atoms with E-state index in [9.17, 15) is 9.59 Å². The zero-order valence-electron chi connectivity index (χ0n) is 9.30. The van der Waals surface area contributed by atoms with Crippen LogP contribution in [0, 0.1) is 0 Å². The van der Waals surface area contributed by atoms with Gasteiger partial charge in [-0.25, -0.2) is 4.79 Å². The molecule has 0 saturated carbocycles. The van der Waals surface area contributed by atoms with Crippen LogP contribution in [0.25, 0.3) is 5.76 Å². The van der Waals surface area contributed by atoms with Gasteiger partial charge in [0.1, 0.15) is 11.3 Å². The zero-order valence-corrected chi connectivity index (χ0v) is 9.30. The molecule has 0 spiro atoms. The maximum absolute atomic E-state index is 11.6. The minimum atomic E-state index is -0.645. The van der Waals surface area contributed by atoms with Gasteiger partial charge in [0, 0.05) is 18.0 Å². The van der Waals surface area contributed by atoms with Gasteiger partial charge in [0.15, 0.2) is 6.61 Å². The first-order valence-corrected chi connectivity index (χ1v) is 5.21. The fourth-order valence-corrected chi connectivity index (χ4v) is 1.54. The van der Waals surface area contributed by atoms with Crippen molar-refractivity contribution in [3.8, 4) is 0 Å². The van der Waals surface area contributed by atoms with Gasteiger partial charge in [-0.15, -0.1) is 0 Å². The van der Waals surface area contributed by atoms with Crippen LogP contribution >= 0.6 is 0 Å². The first-order valence-electron chi connectivity index (χ1n) is 5.21. The summed E-state index contributed by atoms with van der Waals surface area (Å²) in [6, 6.07) is 3.43. The molecule has 0 N–H and O–H groups in total. The predicted octanol–water partition coefficient (Wildman–Crippen LogP) is 0.955. The Morgan fingerprint density at radius 3 is 3.06 bits per heavy atom. The number of esters is 1. The van der Waals surface area contributed by atoms with Gasteiger partial charge in [0.05, 0.1) is 6.61 Å². The highest BCUT2D eigenvalue weighted by atomic mass is 16.5. The van der Waals surface area contributed by atoms with Crippen LogP contribution in [-0.4, -0.2) is 30.0 Å². The quantitative estimate of drug-likeness (QED) is 0.574. The Morgan fingerprint density at radius 1 is 1.59 bits per heavy atom. The summed E-state index contributed by atoms with van der Waals surface area (Å²) in [6.07, 6.45) is 3.14. The SMILES string of the molecule is CCOC(=O)C1=C(c2cccnc2)OCC1=O. The molecule has 0 amide bonds. The molecule has 0 atom stereocenters. The smallest absolute Gasteiger partial charge is 0.345 e. The lowest BCUT2D eigenvalue weighted by Gasteiger charge is -2.04. The highest BCUT2D eigenvalue weighted by Crippen LogP contribution is 2.26. The highest BCUT2D eigenvalue weighted by Gasteiger charge is 2.32. The number of ketones is 1. The fraction of sp³-hybridized carbons (Fsp3) is 0.250. The van der Waals surface area contributed by atoms with Gasteiger partial charge in [-0.1, -0.05) is 0 Å². The Morgan fingerprint density at radius 2 is 2.41 bits per heavy atom. The Kier molecular flexibility index (Phi) is 3.18. The molecule has 1 aliphatic heterocycles. The van der Waals surface area contributed by atoms with Crippen LogP contribution in [0.15, 0.2) is 30.1 Å². The molecular weight excluding hydrogens is 222 g/mol. The Labute approximate surface area is 98.1 Å². The predicted molar refractivity (Wildman–Crippen MR) is 58.7 cm³/mol. The van der Waals surface area contributed by atoms with E-state index >= 15 is 0 Å². The van der Waals surface area contributed by atoms with Crippen molar-refractivity contribution in [1.82, 2.24) is 4.98 Å². The van der Waals surface area contributed by atoms with E-state index in [-0.39, 0.29) is 30.3 Å². The maximum atomic E-state index is 11.6. The van der Waals surface area contributed by atoms with Gasteiger partial charge >= 0.3 is 5.97 Å². The van der Waals surface area contributed by atoms with E-state index in [1.165, 1.54) is 6.20 Å². The van der Waals surface area contributed by atoms with Crippen molar-refractivity contribution in [1.29, 1.82) is 0 Å². The molecule has 2 rings (SSSR count). The zero-order chi connectivity index (χ0) is 12.3. The lowest BCUT2D eigenvalue weighted by molar-refractivity contribution is -0.139. The molecule has 0 aromatic carbocycles. The molecule has 0 bridgehead atoms. The normalized spacial score (nSPS) is 14.8. The number of carbonyl (C=O) groups is 2. The van der Waals surface area contributed by atoms with Crippen molar-refractivity contribution >= 4 is 17.5 Å². The molecule has 88 valence electrons. The average molecular weight is 233 g/mol. The lowest BCUT2D eigenvalue weighted by atomic mass is 10.1. The van der Waals surface area contributed by atoms with Crippen LogP contribution in [0.4, 0.5) is 0 Å². The first-order chi connectivity index (χ1) is 8.24. The number of ether oxygens (including phenoxy) is 2. The maximum Gasteiger partial charge on any atom is 0.345 e. The van der Waals surface area contributed by atoms with Crippen molar-refractivity contribution in [3.05, 3.63) is 35.7 Å². The summed E-state index contributed by atoms with van der Waals surface area (Å²) in [5, 5.41) is 0. The number of carbonyl (C=O) groups excluding carboxylic acids is 2. The van der Waals surface area contributed by atoms with Crippen LogP contribution < -0.4 is 0 Å². The molecule has 5 heteroatoms. The van der Waals surface area contributed by atoms with E-state index in [0.29, 0.717) is 5.56 Å². The van der Waals surface area contributed by atoms with Crippen molar-refractivity contribution in [2.75, 3.05) is 13.2 Å². The van der Waals surface area contributed by atoms with E-state index in [2.05, 4.69) is 4.98 Å². The third-order valence-electron chi connectivity index (χ3n) is 2.26. The number of pyridine rings is 1. The van der Waals surface area contributed by atoms with E-state index in [0.717, 1.165) is 0 Å². The van der Waals surface area contributed by atoms with Crippen LogP contribution in [0.5, 0.6) is 0 Å². The lowest BCUT2D eigenvalue weighted by Crippen LogP contribution is -2.14. The third-order valence-corrected chi connectivity index (χ3v) is 2.26. The molecule has 1 aromatic heterocycles. The molecule has 5 nitrogen and oxygen atoms in total. The Hall–Kier alpha value is -2.17. The molecule has 0 radical (unpaired) electrons. The number of nitrogens with zero attached hydrogens (tertiary/aromatic N) is 1. The summed E-state index contributed by atoms with van der Waals surface area (Å²) in [7, 11) is 0. The minimum absolute atomic E-state index is 0.0279. The van der Waals surface area contributed by atoms with Crippen molar-refractivity contribution in [2.24, 2.45) is 0 Å². The summed E-state index contributed by atoms with van der Waals surface area (Å²) in [4.78, 5) is 27.1. The first kappa shape index (κ1) is 11.3. The molecule has 0 saturated heterocycles. The van der Waals surface area contributed by atoms with Crippen LogP contribution in [0.2, 0.25) is 0 Å². The van der Waals surface area contributed by atoms with Gasteiger partial charge < -0.3 is 9.47 Å². The second kappa shape index (κ2) is 4.78. The number of hydrogen-bond acceptors (Lipinski definition) is 5. The van der Waals surface area contributed by atoms with Gasteiger partial charge in [-0.05, 0) is 19.1 Å². The van der Waals surface area contributed by atoms with E-state index in [4.69, 9.17) is 9.47 Å². The Bertz CT molecular complexity index is 479. The van der Waals surface area contributed by atoms with Crippen molar-refractivity contribution in [3.63, 3.8) is 0 Å². The monoisotopic (exact) mass is 233 g/mol. The van der Waals surface area contributed by atoms with Crippen LogP contribution in [-0.2, 0) is 19.1 Å². The average Bonchev–Trinajstić information content (AvgIpc) is 2.73. The number of Topliss-reactive ketones (excluding diaryl/α,β-unsaturated/α-hetero) is 1. The summed E-state index contributed by atoms with van der Waals surface area (Å²) >= 11 is 0. The number of rotatable bonds is 3. The molecule has 1 aliphatic rings. The molecule has 0 fully saturated rings. The molecule has 0 aliphatic carbocycles. The number of hydrogen-bond donors (Lipinski definition) is 0. The van der Waals surface area contributed by atoms with Gasteiger partial charge in [0.25, 0.3) is 0 Å². The molecular formula is C12H11NO4. The topological polar surface area (TPSA) is 65.5 Å². The van der Waals surface area contributed by atoms with Crippen molar-refractivity contribution < 1.29 is 19.1 Å². The van der Waals surface area contributed by atoms with E-state index < -0.39 is 5.97 Å². The van der Waals surface area contributed by atoms with E-state index in [1.54, 1.807) is 25.3 Å². The Balaban J connectivity index is 2.41. The number of aromatic nitrogens is 1. The molecule has 2 heterocycles. The standard InChI is InChI=1S/C12H11NO4/c1-2-16-12(15)10-9(14)7-17-11(10)8-4-3-5-13-6-8/h3-6H,2,7H2,1H3. The summed E-state index contributed by atoms with van der Waals surface area (Å²) in [5.74, 6) is -0.752. The van der Waals surface area contributed by atoms with Gasteiger partial charge in [-0.3, -0.25) is 9.78 Å². The molecule has 17 heavy (non-hydrogen) atoms. The molecule has 0 unspecified atom stereocenters. The molecule has 1 aromatic rings. The van der Waals surface area contributed by atoms with E-state index in [1.807, 2.05) is 0 Å². The second-order valence-electron chi connectivity index (χ2n) is 3.38. The largest absolute Gasteiger partial charge is 0.484 e. The second-order valence-corrected chi connectivity index (χ2v) is 3.38. The van der Waals surface area contributed by atoms with Crippen LogP contribution in [0.3, 0.4) is 0 Å². The van der Waals surface area contributed by atoms with Gasteiger partial charge in [-0.2, -0.15) is 0 Å². The van der Waals surface area contributed by atoms with Crippen molar-refractivity contribution in [2.45, 2.75) is 6.92 Å². The summed E-state index contributed by atoms with van der Waals surface area (Å²) in [6.45, 7) is 1.77. The highest BCUT2D eigenvalue weighted by molar-refractivity contribution is 6.24. The summed E-state index contributed by atoms with van der Waals surface area (Å²) < 4.78 is 10.1. The third kappa shape index (κ3) is 2.18. The fourth-order valence-electron chi connectivity index (χ4n) is 1.54. The summed E-state index contributed by atoms with van der Waals surface area (Å²) in [5.41, 5.74) is 0.571.